The molecule has 0 fully saturated rings. The SMILES string of the molecule is CC(=O)c1cc(CCC(=O)Nc2nc(C)c(C)s2)oc1C. The van der Waals surface area contributed by atoms with Crippen LogP contribution in [0.25, 0.3) is 0 Å². The number of amides is 1. The van der Waals surface area contributed by atoms with Gasteiger partial charge in [0.15, 0.2) is 10.9 Å². The van der Waals surface area contributed by atoms with E-state index in [4.69, 9.17) is 4.42 Å². The molecule has 2 aromatic heterocycles. The molecule has 2 rings (SSSR count). The fraction of sp³-hybridized carbons (Fsp3) is 0.400. The van der Waals surface area contributed by atoms with Gasteiger partial charge in [-0.05, 0) is 33.8 Å². The highest BCUT2D eigenvalue weighted by Gasteiger charge is 2.13. The molecule has 0 bridgehead atoms. The zero-order valence-corrected chi connectivity index (χ0v) is 13.4. The summed E-state index contributed by atoms with van der Waals surface area (Å²) in [7, 11) is 0. The van der Waals surface area contributed by atoms with Crippen molar-refractivity contribution in [2.45, 2.75) is 40.5 Å². The molecule has 21 heavy (non-hydrogen) atoms. The van der Waals surface area contributed by atoms with E-state index in [0.29, 0.717) is 35.1 Å². The van der Waals surface area contributed by atoms with Crippen molar-refractivity contribution in [2.24, 2.45) is 0 Å². The Morgan fingerprint density at radius 2 is 2.05 bits per heavy atom. The van der Waals surface area contributed by atoms with E-state index in [1.54, 1.807) is 13.0 Å². The Morgan fingerprint density at radius 3 is 2.57 bits per heavy atom. The van der Waals surface area contributed by atoms with Crippen LogP contribution >= 0.6 is 11.3 Å². The number of furan rings is 1. The van der Waals surface area contributed by atoms with Gasteiger partial charge < -0.3 is 9.73 Å². The Bertz CT molecular complexity index is 666. The number of aromatic nitrogens is 1. The van der Waals surface area contributed by atoms with E-state index >= 15 is 0 Å². The van der Waals surface area contributed by atoms with Crippen LogP contribution in [0.15, 0.2) is 10.5 Å². The first-order chi connectivity index (χ1) is 9.86. The normalized spacial score (nSPS) is 10.7. The molecule has 1 amide bonds. The Balaban J connectivity index is 1.92. The third-order valence-corrected chi connectivity index (χ3v) is 4.21. The van der Waals surface area contributed by atoms with Gasteiger partial charge in [0.2, 0.25) is 5.91 Å². The number of carbonyl (C=O) groups is 2. The van der Waals surface area contributed by atoms with Crippen LogP contribution in [0.1, 0.15) is 45.8 Å². The summed E-state index contributed by atoms with van der Waals surface area (Å²) < 4.78 is 5.49. The van der Waals surface area contributed by atoms with Crippen LogP contribution in [0.3, 0.4) is 0 Å². The standard InChI is InChI=1S/C15H18N2O3S/c1-8-11(4)21-15(16-8)17-14(19)6-5-12-7-13(9(2)18)10(3)20-12/h7H,5-6H2,1-4H3,(H,16,17,19). The van der Waals surface area contributed by atoms with Gasteiger partial charge in [0.25, 0.3) is 0 Å². The number of anilines is 1. The Labute approximate surface area is 127 Å². The first-order valence-corrected chi connectivity index (χ1v) is 7.52. The quantitative estimate of drug-likeness (QED) is 0.859. The monoisotopic (exact) mass is 306 g/mol. The first kappa shape index (κ1) is 15.4. The lowest BCUT2D eigenvalue weighted by molar-refractivity contribution is -0.116. The fourth-order valence-electron chi connectivity index (χ4n) is 1.96. The number of hydrogen-bond donors (Lipinski definition) is 1. The molecular formula is C15H18N2O3S. The Hall–Kier alpha value is -1.95. The minimum absolute atomic E-state index is 0.0271. The van der Waals surface area contributed by atoms with E-state index in [-0.39, 0.29) is 11.7 Å². The molecule has 0 aliphatic heterocycles. The van der Waals surface area contributed by atoms with Gasteiger partial charge in [-0.25, -0.2) is 4.98 Å². The molecule has 0 atom stereocenters. The molecule has 0 saturated heterocycles. The Morgan fingerprint density at radius 1 is 1.33 bits per heavy atom. The van der Waals surface area contributed by atoms with Crippen LogP contribution in [-0.4, -0.2) is 16.7 Å². The second-order valence-electron chi connectivity index (χ2n) is 4.95. The smallest absolute Gasteiger partial charge is 0.226 e. The number of nitrogens with zero attached hydrogens (tertiary/aromatic N) is 1. The largest absolute Gasteiger partial charge is 0.466 e. The summed E-state index contributed by atoms with van der Waals surface area (Å²) >= 11 is 1.46. The molecule has 5 nitrogen and oxygen atoms in total. The lowest BCUT2D eigenvalue weighted by Crippen LogP contribution is -2.11. The molecule has 0 saturated carbocycles. The van der Waals surface area contributed by atoms with Crippen molar-refractivity contribution in [3.63, 3.8) is 0 Å². The number of ketones is 1. The van der Waals surface area contributed by atoms with Gasteiger partial charge in [-0.1, -0.05) is 0 Å². The molecule has 0 aromatic carbocycles. The molecule has 0 spiro atoms. The van der Waals surface area contributed by atoms with Crippen molar-refractivity contribution in [1.29, 1.82) is 0 Å². The number of nitrogens with one attached hydrogen (secondary N) is 1. The van der Waals surface area contributed by atoms with Gasteiger partial charge in [0, 0.05) is 17.7 Å². The second-order valence-corrected chi connectivity index (χ2v) is 6.15. The van der Waals surface area contributed by atoms with Crippen LogP contribution in [-0.2, 0) is 11.2 Å². The van der Waals surface area contributed by atoms with E-state index in [0.717, 1.165) is 10.6 Å². The van der Waals surface area contributed by atoms with Crippen molar-refractivity contribution < 1.29 is 14.0 Å². The van der Waals surface area contributed by atoms with Crippen molar-refractivity contribution in [3.05, 3.63) is 33.7 Å². The second kappa shape index (κ2) is 6.22. The predicted octanol–water partition coefficient (Wildman–Crippen LogP) is 3.44. The molecule has 0 unspecified atom stereocenters. The molecule has 112 valence electrons. The number of aryl methyl sites for hydroxylation is 4. The Kier molecular flexibility index (Phi) is 4.57. The maximum atomic E-state index is 11.9. The zero-order chi connectivity index (χ0) is 15.6. The van der Waals surface area contributed by atoms with Gasteiger partial charge >= 0.3 is 0 Å². The number of thiazole rings is 1. The minimum Gasteiger partial charge on any atom is -0.466 e. The maximum Gasteiger partial charge on any atom is 0.226 e. The molecule has 0 radical (unpaired) electrons. The molecule has 2 aromatic rings. The molecule has 6 heteroatoms. The van der Waals surface area contributed by atoms with Gasteiger partial charge in [0.05, 0.1) is 11.3 Å². The summed E-state index contributed by atoms with van der Waals surface area (Å²) in [6.45, 7) is 7.14. The summed E-state index contributed by atoms with van der Waals surface area (Å²) in [5.41, 5.74) is 1.51. The summed E-state index contributed by atoms with van der Waals surface area (Å²) in [5.74, 6) is 1.12. The van der Waals surface area contributed by atoms with Crippen LogP contribution < -0.4 is 5.32 Å². The number of rotatable bonds is 5. The van der Waals surface area contributed by atoms with E-state index in [2.05, 4.69) is 10.3 Å². The average Bonchev–Trinajstić information content (AvgIpc) is 2.91. The van der Waals surface area contributed by atoms with Crippen molar-refractivity contribution in [3.8, 4) is 0 Å². The maximum absolute atomic E-state index is 11.9. The van der Waals surface area contributed by atoms with Gasteiger partial charge in [-0.15, -0.1) is 11.3 Å². The van der Waals surface area contributed by atoms with Crippen LogP contribution in [0.5, 0.6) is 0 Å². The van der Waals surface area contributed by atoms with Gasteiger partial charge in [-0.3, -0.25) is 9.59 Å². The van der Waals surface area contributed by atoms with E-state index < -0.39 is 0 Å². The van der Waals surface area contributed by atoms with E-state index in [1.165, 1.54) is 18.3 Å². The van der Waals surface area contributed by atoms with Crippen LogP contribution in [0, 0.1) is 20.8 Å². The lowest BCUT2D eigenvalue weighted by atomic mass is 10.1. The van der Waals surface area contributed by atoms with Crippen molar-refractivity contribution >= 4 is 28.2 Å². The third kappa shape index (κ3) is 3.78. The predicted molar refractivity (Wildman–Crippen MR) is 82.0 cm³/mol. The van der Waals surface area contributed by atoms with Crippen LogP contribution in [0.4, 0.5) is 5.13 Å². The number of hydrogen-bond acceptors (Lipinski definition) is 5. The summed E-state index contributed by atoms with van der Waals surface area (Å²) in [4.78, 5) is 28.6. The van der Waals surface area contributed by atoms with Crippen molar-refractivity contribution in [2.75, 3.05) is 5.32 Å². The molecule has 1 N–H and O–H groups in total. The minimum atomic E-state index is -0.109. The van der Waals surface area contributed by atoms with Gasteiger partial charge in [-0.2, -0.15) is 0 Å². The summed E-state index contributed by atoms with van der Waals surface area (Å²) in [5, 5.41) is 3.40. The van der Waals surface area contributed by atoms with Crippen molar-refractivity contribution in [1.82, 2.24) is 4.98 Å². The number of Topliss-reactive ketones (excluding diaryl/α,β-unsaturated/α-hetero) is 1. The topological polar surface area (TPSA) is 72.2 Å². The molecule has 2 heterocycles. The summed E-state index contributed by atoms with van der Waals surface area (Å²) in [6.07, 6.45) is 0.755. The lowest BCUT2D eigenvalue weighted by Gasteiger charge is -1.99. The molecular weight excluding hydrogens is 288 g/mol. The van der Waals surface area contributed by atoms with E-state index in [1.807, 2.05) is 13.8 Å². The molecule has 0 aliphatic carbocycles. The third-order valence-electron chi connectivity index (χ3n) is 3.22. The van der Waals surface area contributed by atoms with Crippen LogP contribution in [0.2, 0.25) is 0 Å². The van der Waals surface area contributed by atoms with Gasteiger partial charge in [0.1, 0.15) is 11.5 Å². The zero-order valence-electron chi connectivity index (χ0n) is 12.6. The summed E-state index contributed by atoms with van der Waals surface area (Å²) in [6, 6.07) is 1.71. The average molecular weight is 306 g/mol. The highest BCUT2D eigenvalue weighted by Crippen LogP contribution is 2.21. The highest BCUT2D eigenvalue weighted by molar-refractivity contribution is 7.15. The van der Waals surface area contributed by atoms with E-state index in [9.17, 15) is 9.59 Å². The first-order valence-electron chi connectivity index (χ1n) is 6.71. The fourth-order valence-corrected chi connectivity index (χ4v) is 2.79. The molecule has 0 aliphatic rings. The number of carbonyl (C=O) groups excluding carboxylic acids is 2. The highest BCUT2D eigenvalue weighted by atomic mass is 32.1.